The van der Waals surface area contributed by atoms with Crippen LogP contribution in [0.4, 0.5) is 10.1 Å². The second kappa shape index (κ2) is 11.7. The Labute approximate surface area is 205 Å². The van der Waals surface area contributed by atoms with Crippen LogP contribution in [0.25, 0.3) is 0 Å². The molecule has 0 saturated carbocycles. The van der Waals surface area contributed by atoms with E-state index in [0.717, 1.165) is 11.1 Å². The monoisotopic (exact) mass is 474 g/mol. The average molecular weight is 475 g/mol. The van der Waals surface area contributed by atoms with Crippen LogP contribution in [-0.4, -0.2) is 60.4 Å². The van der Waals surface area contributed by atoms with E-state index in [1.807, 2.05) is 67.6 Å². The lowest BCUT2D eigenvalue weighted by Gasteiger charge is -2.37. The van der Waals surface area contributed by atoms with Crippen molar-refractivity contribution >= 4 is 17.5 Å². The zero-order valence-electron chi connectivity index (χ0n) is 19.9. The summed E-state index contributed by atoms with van der Waals surface area (Å²) in [7, 11) is 0. The number of piperazine rings is 1. The summed E-state index contributed by atoms with van der Waals surface area (Å²) in [6, 6.07) is 25.2. The van der Waals surface area contributed by atoms with Gasteiger partial charge in [0.05, 0.1) is 18.6 Å². The van der Waals surface area contributed by atoms with Gasteiger partial charge in [0.25, 0.3) is 0 Å². The Balaban J connectivity index is 1.30. The summed E-state index contributed by atoms with van der Waals surface area (Å²) in [5.74, 6) is -0.495. The zero-order valence-corrected chi connectivity index (χ0v) is 19.9. The lowest BCUT2D eigenvalue weighted by Crippen LogP contribution is -2.55. The summed E-state index contributed by atoms with van der Waals surface area (Å²) < 4.78 is 13.0. The Hall–Kier alpha value is -3.55. The number of rotatable bonds is 8. The molecule has 0 aliphatic carbocycles. The summed E-state index contributed by atoms with van der Waals surface area (Å²) in [6.07, 6.45) is 0. The Morgan fingerprint density at radius 3 is 1.91 bits per heavy atom. The number of benzene rings is 3. The first kappa shape index (κ1) is 24.6. The molecule has 6 nitrogen and oxygen atoms in total. The van der Waals surface area contributed by atoms with E-state index < -0.39 is 0 Å². The van der Waals surface area contributed by atoms with Crippen LogP contribution in [-0.2, 0) is 9.59 Å². The third-order valence-electron chi connectivity index (χ3n) is 6.38. The minimum atomic E-state index is -0.337. The SMILES string of the molecule is C[C@@H](C(=O)NC(c1ccccc1)c1ccccc1)N1CCN(CC(=O)Nc2ccc(F)cc2)CC1. The third kappa shape index (κ3) is 6.74. The van der Waals surface area contributed by atoms with Gasteiger partial charge in [0.15, 0.2) is 0 Å². The number of amides is 2. The standard InChI is InChI=1S/C28H31FN4O2/c1-21(28(35)31-27(22-8-4-2-5-9-22)23-10-6-3-7-11-23)33-18-16-32(17-19-33)20-26(34)30-25-14-12-24(29)13-15-25/h2-15,21,27H,16-20H2,1H3,(H,30,34)(H,31,35)/t21-/m0/s1. The molecule has 1 heterocycles. The summed E-state index contributed by atoms with van der Waals surface area (Å²) >= 11 is 0. The predicted molar refractivity (Wildman–Crippen MR) is 135 cm³/mol. The van der Waals surface area contributed by atoms with Crippen LogP contribution in [0.3, 0.4) is 0 Å². The first-order valence-corrected chi connectivity index (χ1v) is 11.9. The van der Waals surface area contributed by atoms with E-state index in [4.69, 9.17) is 0 Å². The number of carbonyl (C=O) groups is 2. The van der Waals surface area contributed by atoms with E-state index >= 15 is 0 Å². The maximum Gasteiger partial charge on any atom is 0.238 e. The van der Waals surface area contributed by atoms with Gasteiger partial charge in [-0.05, 0) is 42.3 Å². The molecular weight excluding hydrogens is 443 g/mol. The number of nitrogens with one attached hydrogen (secondary N) is 2. The van der Waals surface area contributed by atoms with Gasteiger partial charge in [0, 0.05) is 31.9 Å². The van der Waals surface area contributed by atoms with Crippen molar-refractivity contribution in [2.24, 2.45) is 0 Å². The van der Waals surface area contributed by atoms with Crippen molar-refractivity contribution in [1.82, 2.24) is 15.1 Å². The number of halogens is 1. The van der Waals surface area contributed by atoms with Crippen molar-refractivity contribution in [3.05, 3.63) is 102 Å². The van der Waals surface area contributed by atoms with E-state index in [1.165, 1.54) is 12.1 Å². The second-order valence-corrected chi connectivity index (χ2v) is 8.81. The highest BCUT2D eigenvalue weighted by molar-refractivity contribution is 5.92. The molecule has 7 heteroatoms. The molecule has 2 amide bonds. The average Bonchev–Trinajstić information content (AvgIpc) is 2.89. The van der Waals surface area contributed by atoms with Crippen LogP contribution in [0.5, 0.6) is 0 Å². The Morgan fingerprint density at radius 2 is 1.37 bits per heavy atom. The Kier molecular flexibility index (Phi) is 8.23. The molecular formula is C28H31FN4O2. The van der Waals surface area contributed by atoms with Gasteiger partial charge in [-0.3, -0.25) is 19.4 Å². The van der Waals surface area contributed by atoms with E-state index in [0.29, 0.717) is 31.9 Å². The van der Waals surface area contributed by atoms with Crippen LogP contribution in [0.1, 0.15) is 24.1 Å². The smallest absolute Gasteiger partial charge is 0.238 e. The fourth-order valence-electron chi connectivity index (χ4n) is 4.32. The molecule has 1 aliphatic heterocycles. The quantitative estimate of drug-likeness (QED) is 0.523. The third-order valence-corrected chi connectivity index (χ3v) is 6.38. The topological polar surface area (TPSA) is 64.7 Å². The largest absolute Gasteiger partial charge is 0.344 e. The molecule has 0 bridgehead atoms. The van der Waals surface area contributed by atoms with Crippen LogP contribution < -0.4 is 10.6 Å². The fourth-order valence-corrected chi connectivity index (χ4v) is 4.32. The molecule has 0 aromatic heterocycles. The maximum atomic E-state index is 13.2. The van der Waals surface area contributed by atoms with Gasteiger partial charge in [0.2, 0.25) is 11.8 Å². The number of nitrogens with zero attached hydrogens (tertiary/aromatic N) is 2. The first-order chi connectivity index (χ1) is 17.0. The van der Waals surface area contributed by atoms with Gasteiger partial charge in [-0.2, -0.15) is 0 Å². The molecule has 0 spiro atoms. The first-order valence-electron chi connectivity index (χ1n) is 11.9. The van der Waals surface area contributed by atoms with Gasteiger partial charge >= 0.3 is 0 Å². The van der Waals surface area contributed by atoms with Crippen LogP contribution in [0.15, 0.2) is 84.9 Å². The van der Waals surface area contributed by atoms with Gasteiger partial charge in [-0.1, -0.05) is 60.7 Å². The lowest BCUT2D eigenvalue weighted by molar-refractivity contribution is -0.127. The lowest BCUT2D eigenvalue weighted by atomic mass is 9.98. The van der Waals surface area contributed by atoms with E-state index in [9.17, 15) is 14.0 Å². The number of hydrogen-bond acceptors (Lipinski definition) is 4. The molecule has 3 aromatic carbocycles. The molecule has 0 radical (unpaired) electrons. The fraction of sp³-hybridized carbons (Fsp3) is 0.286. The van der Waals surface area contributed by atoms with E-state index in [-0.39, 0.29) is 36.3 Å². The Morgan fingerprint density at radius 1 is 0.829 bits per heavy atom. The van der Waals surface area contributed by atoms with Crippen LogP contribution in [0, 0.1) is 5.82 Å². The highest BCUT2D eigenvalue weighted by Crippen LogP contribution is 2.22. The zero-order chi connectivity index (χ0) is 24.6. The highest BCUT2D eigenvalue weighted by Gasteiger charge is 2.28. The summed E-state index contributed by atoms with van der Waals surface area (Å²) in [6.45, 7) is 4.96. The minimum Gasteiger partial charge on any atom is -0.344 e. The van der Waals surface area contributed by atoms with Crippen LogP contribution >= 0.6 is 0 Å². The van der Waals surface area contributed by atoms with Crippen molar-refractivity contribution in [2.45, 2.75) is 19.0 Å². The molecule has 3 aromatic rings. The normalized spacial score (nSPS) is 15.5. The molecule has 1 atom stereocenters. The van der Waals surface area contributed by atoms with E-state index in [1.54, 1.807) is 12.1 Å². The molecule has 182 valence electrons. The van der Waals surface area contributed by atoms with Crippen molar-refractivity contribution in [3.8, 4) is 0 Å². The molecule has 1 fully saturated rings. The van der Waals surface area contributed by atoms with Crippen molar-refractivity contribution in [3.63, 3.8) is 0 Å². The molecule has 0 unspecified atom stereocenters. The highest BCUT2D eigenvalue weighted by atomic mass is 19.1. The van der Waals surface area contributed by atoms with Gasteiger partial charge in [0.1, 0.15) is 5.82 Å². The second-order valence-electron chi connectivity index (χ2n) is 8.81. The maximum absolute atomic E-state index is 13.2. The number of hydrogen-bond donors (Lipinski definition) is 2. The summed E-state index contributed by atoms with van der Waals surface area (Å²) in [5.41, 5.74) is 2.65. The molecule has 2 N–H and O–H groups in total. The van der Waals surface area contributed by atoms with Crippen LogP contribution in [0.2, 0.25) is 0 Å². The molecule has 1 aliphatic rings. The molecule has 1 saturated heterocycles. The van der Waals surface area contributed by atoms with E-state index in [2.05, 4.69) is 20.4 Å². The van der Waals surface area contributed by atoms with Crippen molar-refractivity contribution < 1.29 is 14.0 Å². The minimum absolute atomic E-state index is 0.0230. The molecule has 4 rings (SSSR count). The van der Waals surface area contributed by atoms with Gasteiger partial charge < -0.3 is 10.6 Å². The van der Waals surface area contributed by atoms with Gasteiger partial charge in [-0.25, -0.2) is 4.39 Å². The Bertz CT molecular complexity index is 1060. The van der Waals surface area contributed by atoms with Gasteiger partial charge in [-0.15, -0.1) is 0 Å². The number of carbonyl (C=O) groups excluding carboxylic acids is 2. The van der Waals surface area contributed by atoms with Crippen molar-refractivity contribution in [2.75, 3.05) is 38.0 Å². The predicted octanol–water partition coefficient (Wildman–Crippen LogP) is 3.68. The van der Waals surface area contributed by atoms with Crippen molar-refractivity contribution in [1.29, 1.82) is 0 Å². The number of anilines is 1. The molecule has 35 heavy (non-hydrogen) atoms. The summed E-state index contributed by atoms with van der Waals surface area (Å²) in [5, 5.41) is 6.03. The summed E-state index contributed by atoms with van der Waals surface area (Å²) in [4.78, 5) is 29.8.